The number of para-hydroxylation sites is 1. The second-order valence-electron chi connectivity index (χ2n) is 9.67. The van der Waals surface area contributed by atoms with E-state index in [1.165, 1.54) is 5.56 Å². The van der Waals surface area contributed by atoms with Crippen LogP contribution in [0, 0.1) is 26.7 Å². The molecule has 1 saturated heterocycles. The molecular formula is C29H33N5O. The number of likely N-dealkylation sites (tertiary alicyclic amines) is 1. The standard InChI is InChI=1S/C29H33N5O/c1-21-16-22(2)18-25(17-21)30-28(35)24-10-9-13-32(19-24)20-27-23(3)31-34(26-11-5-4-6-12-26)29(27)33-14-7-8-15-33/h4-8,11-12,14-18,24H,9-10,13,19-20H2,1-3H3,(H,30,35). The van der Waals surface area contributed by atoms with Crippen LogP contribution >= 0.6 is 0 Å². The van der Waals surface area contributed by atoms with Crippen LogP contribution in [0.5, 0.6) is 0 Å². The van der Waals surface area contributed by atoms with Gasteiger partial charge in [-0.05, 0) is 87.7 Å². The lowest BCUT2D eigenvalue weighted by molar-refractivity contribution is -0.121. The van der Waals surface area contributed by atoms with Crippen molar-refractivity contribution in [1.82, 2.24) is 19.2 Å². The molecule has 6 heteroatoms. The minimum Gasteiger partial charge on any atom is -0.326 e. The van der Waals surface area contributed by atoms with Crippen molar-refractivity contribution in [3.8, 4) is 11.5 Å². The molecule has 1 amide bonds. The summed E-state index contributed by atoms with van der Waals surface area (Å²) in [5.41, 5.74) is 6.46. The highest BCUT2D eigenvalue weighted by molar-refractivity contribution is 5.93. The predicted octanol–water partition coefficient (Wildman–Crippen LogP) is 5.44. The average Bonchev–Trinajstić information content (AvgIpc) is 3.47. The van der Waals surface area contributed by atoms with Crippen LogP contribution in [-0.4, -0.2) is 38.2 Å². The molecule has 35 heavy (non-hydrogen) atoms. The van der Waals surface area contributed by atoms with Crippen LogP contribution in [0.4, 0.5) is 5.69 Å². The summed E-state index contributed by atoms with van der Waals surface area (Å²) in [4.78, 5) is 15.5. The number of amides is 1. The van der Waals surface area contributed by atoms with E-state index in [1.54, 1.807) is 0 Å². The maximum atomic E-state index is 13.1. The van der Waals surface area contributed by atoms with E-state index in [2.05, 4.69) is 66.1 Å². The molecule has 2 aromatic carbocycles. The summed E-state index contributed by atoms with van der Waals surface area (Å²) in [7, 11) is 0. The van der Waals surface area contributed by atoms with Crippen molar-refractivity contribution in [3.05, 3.63) is 95.4 Å². The number of rotatable bonds is 6. The number of nitrogens with one attached hydrogen (secondary N) is 1. The van der Waals surface area contributed by atoms with Gasteiger partial charge in [0.1, 0.15) is 5.82 Å². The molecule has 180 valence electrons. The SMILES string of the molecule is Cc1cc(C)cc(NC(=O)C2CCCN(Cc3c(C)nn(-c4ccccc4)c3-n3cccc3)C2)c1. The number of hydrogen-bond donors (Lipinski definition) is 1. The number of aromatic nitrogens is 3. The lowest BCUT2D eigenvalue weighted by Crippen LogP contribution is -2.40. The van der Waals surface area contributed by atoms with Crippen molar-refractivity contribution in [2.75, 3.05) is 18.4 Å². The molecule has 1 aliphatic rings. The molecule has 5 rings (SSSR count). The van der Waals surface area contributed by atoms with Crippen molar-refractivity contribution in [2.45, 2.75) is 40.2 Å². The monoisotopic (exact) mass is 467 g/mol. The molecule has 0 saturated carbocycles. The molecule has 1 atom stereocenters. The smallest absolute Gasteiger partial charge is 0.228 e. The lowest BCUT2D eigenvalue weighted by atomic mass is 9.96. The van der Waals surface area contributed by atoms with Crippen LogP contribution in [-0.2, 0) is 11.3 Å². The van der Waals surface area contributed by atoms with Gasteiger partial charge in [0.25, 0.3) is 0 Å². The van der Waals surface area contributed by atoms with Crippen LogP contribution in [0.1, 0.15) is 35.2 Å². The Bertz CT molecular complexity index is 1290. The van der Waals surface area contributed by atoms with Crippen molar-refractivity contribution in [1.29, 1.82) is 0 Å². The Labute approximate surface area is 207 Å². The van der Waals surface area contributed by atoms with Crippen LogP contribution in [0.3, 0.4) is 0 Å². The van der Waals surface area contributed by atoms with Gasteiger partial charge in [-0.3, -0.25) is 9.69 Å². The summed E-state index contributed by atoms with van der Waals surface area (Å²) >= 11 is 0. The summed E-state index contributed by atoms with van der Waals surface area (Å²) in [6, 6.07) is 20.5. The molecule has 4 aromatic rings. The molecule has 3 heterocycles. The van der Waals surface area contributed by atoms with Gasteiger partial charge in [-0.25, -0.2) is 4.68 Å². The Hall–Kier alpha value is -3.64. The first-order chi connectivity index (χ1) is 17.0. The molecular weight excluding hydrogens is 434 g/mol. The van der Waals surface area contributed by atoms with Crippen LogP contribution in [0.25, 0.3) is 11.5 Å². The van der Waals surface area contributed by atoms with Crippen molar-refractivity contribution < 1.29 is 4.79 Å². The summed E-state index contributed by atoms with van der Waals surface area (Å²) in [6.45, 7) is 8.69. The molecule has 0 radical (unpaired) electrons. The topological polar surface area (TPSA) is 55.1 Å². The lowest BCUT2D eigenvalue weighted by Gasteiger charge is -2.32. The van der Waals surface area contributed by atoms with Crippen molar-refractivity contribution >= 4 is 11.6 Å². The van der Waals surface area contributed by atoms with Gasteiger partial charge in [-0.1, -0.05) is 24.3 Å². The second-order valence-corrected chi connectivity index (χ2v) is 9.67. The van der Waals surface area contributed by atoms with Crippen LogP contribution < -0.4 is 5.32 Å². The highest BCUT2D eigenvalue weighted by Gasteiger charge is 2.28. The first-order valence-electron chi connectivity index (χ1n) is 12.4. The minimum absolute atomic E-state index is 0.0240. The Balaban J connectivity index is 1.37. The third-order valence-electron chi connectivity index (χ3n) is 6.75. The molecule has 0 bridgehead atoms. The van der Waals surface area contributed by atoms with E-state index in [4.69, 9.17) is 5.10 Å². The van der Waals surface area contributed by atoms with Crippen molar-refractivity contribution in [3.63, 3.8) is 0 Å². The van der Waals surface area contributed by atoms with Gasteiger partial charge >= 0.3 is 0 Å². The van der Waals surface area contributed by atoms with Crippen LogP contribution in [0.15, 0.2) is 73.1 Å². The first kappa shape index (κ1) is 23.1. The van der Waals surface area contributed by atoms with Crippen LogP contribution in [0.2, 0.25) is 0 Å². The van der Waals surface area contributed by atoms with E-state index in [0.29, 0.717) is 0 Å². The van der Waals surface area contributed by atoms with Gasteiger partial charge in [-0.2, -0.15) is 5.10 Å². The summed E-state index contributed by atoms with van der Waals surface area (Å²) in [5, 5.41) is 8.08. The predicted molar refractivity (Wildman–Crippen MR) is 140 cm³/mol. The maximum absolute atomic E-state index is 13.1. The zero-order chi connectivity index (χ0) is 24.4. The van der Waals surface area contributed by atoms with Gasteiger partial charge in [0.2, 0.25) is 5.91 Å². The number of hydrogen-bond acceptors (Lipinski definition) is 3. The Kier molecular flexibility index (Phi) is 6.55. The van der Waals surface area contributed by atoms with Gasteiger partial charge in [0, 0.05) is 36.7 Å². The quantitative estimate of drug-likeness (QED) is 0.411. The largest absolute Gasteiger partial charge is 0.326 e. The van der Waals surface area contributed by atoms with E-state index >= 15 is 0 Å². The third kappa shape index (κ3) is 5.08. The van der Waals surface area contributed by atoms with Gasteiger partial charge in [0.15, 0.2) is 0 Å². The summed E-state index contributed by atoms with van der Waals surface area (Å²) < 4.78 is 4.16. The Morgan fingerprint density at radius 3 is 2.43 bits per heavy atom. The molecule has 2 aromatic heterocycles. The number of carbonyl (C=O) groups is 1. The average molecular weight is 468 g/mol. The second kappa shape index (κ2) is 9.92. The molecule has 0 aliphatic carbocycles. The summed E-state index contributed by atoms with van der Waals surface area (Å²) in [5.74, 6) is 1.15. The molecule has 1 fully saturated rings. The van der Waals surface area contributed by atoms with E-state index in [1.807, 2.05) is 47.1 Å². The van der Waals surface area contributed by atoms with E-state index < -0.39 is 0 Å². The minimum atomic E-state index is -0.0240. The third-order valence-corrected chi connectivity index (χ3v) is 6.75. The summed E-state index contributed by atoms with van der Waals surface area (Å²) in [6.07, 6.45) is 6.06. The fourth-order valence-electron chi connectivity index (χ4n) is 5.15. The number of benzene rings is 2. The fraction of sp³-hybridized carbons (Fsp3) is 0.310. The highest BCUT2D eigenvalue weighted by atomic mass is 16.1. The molecule has 0 spiro atoms. The first-order valence-corrected chi connectivity index (χ1v) is 12.4. The zero-order valence-corrected chi connectivity index (χ0v) is 20.7. The van der Waals surface area contributed by atoms with Gasteiger partial charge in [0.05, 0.1) is 17.3 Å². The number of carbonyl (C=O) groups excluding carboxylic acids is 1. The molecule has 6 nitrogen and oxygen atoms in total. The maximum Gasteiger partial charge on any atom is 0.228 e. The van der Waals surface area contributed by atoms with Gasteiger partial charge < -0.3 is 9.88 Å². The number of aryl methyl sites for hydroxylation is 3. The Morgan fingerprint density at radius 2 is 1.71 bits per heavy atom. The number of piperidine rings is 1. The zero-order valence-electron chi connectivity index (χ0n) is 20.7. The molecule has 1 N–H and O–H groups in total. The van der Waals surface area contributed by atoms with E-state index in [-0.39, 0.29) is 11.8 Å². The molecule has 1 aliphatic heterocycles. The molecule has 1 unspecified atom stereocenters. The Morgan fingerprint density at radius 1 is 1.00 bits per heavy atom. The van der Waals surface area contributed by atoms with E-state index in [9.17, 15) is 4.79 Å². The number of nitrogens with zero attached hydrogens (tertiary/aromatic N) is 4. The normalized spacial score (nSPS) is 16.4. The highest BCUT2D eigenvalue weighted by Crippen LogP contribution is 2.27. The fourth-order valence-corrected chi connectivity index (χ4v) is 5.15. The van der Waals surface area contributed by atoms with E-state index in [0.717, 1.165) is 66.5 Å². The van der Waals surface area contributed by atoms with Gasteiger partial charge in [-0.15, -0.1) is 0 Å². The van der Waals surface area contributed by atoms with Crippen molar-refractivity contribution in [2.24, 2.45) is 5.92 Å². The number of anilines is 1.